The number of ether oxygens (including phenoxy) is 1. The molecule has 0 bridgehead atoms. The monoisotopic (exact) mass is 392 g/mol. The Morgan fingerprint density at radius 2 is 1.78 bits per heavy atom. The van der Waals surface area contributed by atoms with Crippen LogP contribution in [-0.2, 0) is 14.3 Å². The zero-order chi connectivity index (χ0) is 19.2. The fourth-order valence-corrected chi connectivity index (χ4v) is 4.19. The summed E-state index contributed by atoms with van der Waals surface area (Å²) in [5.41, 5.74) is 0.403. The summed E-state index contributed by atoms with van der Waals surface area (Å²) in [5.74, 6) is -0.561. The lowest BCUT2D eigenvalue weighted by Crippen LogP contribution is -2.51. The molecule has 1 aromatic carbocycles. The topological polar surface area (TPSA) is 75.7 Å². The molecule has 1 heterocycles. The minimum absolute atomic E-state index is 0.135. The average Bonchev–Trinajstić information content (AvgIpc) is 2.70. The lowest BCUT2D eigenvalue weighted by molar-refractivity contribution is -0.154. The summed E-state index contributed by atoms with van der Waals surface area (Å²) in [7, 11) is 0. The first-order chi connectivity index (χ1) is 13.0. The SMILES string of the molecule is O=C(CNC(=O)c1ccc(Cl)cc1)OCC(=O)N1CCC[C@@H]2CCCC[C@H]21. The van der Waals surface area contributed by atoms with Gasteiger partial charge in [0.2, 0.25) is 0 Å². The van der Waals surface area contributed by atoms with E-state index in [1.165, 1.54) is 19.3 Å². The number of amides is 2. The molecule has 2 fully saturated rings. The van der Waals surface area contributed by atoms with Crippen LogP contribution in [0, 0.1) is 5.92 Å². The molecule has 3 rings (SSSR count). The van der Waals surface area contributed by atoms with E-state index >= 15 is 0 Å². The Labute approximate surface area is 164 Å². The van der Waals surface area contributed by atoms with E-state index in [4.69, 9.17) is 16.3 Å². The minimum atomic E-state index is -0.622. The Hall–Kier alpha value is -2.08. The molecule has 27 heavy (non-hydrogen) atoms. The number of likely N-dealkylation sites (tertiary alicyclic amines) is 1. The van der Waals surface area contributed by atoms with Gasteiger partial charge in [-0.05, 0) is 55.9 Å². The molecule has 2 amide bonds. The number of hydrogen-bond acceptors (Lipinski definition) is 4. The lowest BCUT2D eigenvalue weighted by Gasteiger charge is -2.44. The second kappa shape index (κ2) is 9.22. The largest absolute Gasteiger partial charge is 0.454 e. The van der Waals surface area contributed by atoms with E-state index in [1.54, 1.807) is 24.3 Å². The summed E-state index contributed by atoms with van der Waals surface area (Å²) in [4.78, 5) is 38.2. The van der Waals surface area contributed by atoms with Gasteiger partial charge in [-0.2, -0.15) is 0 Å². The molecule has 1 aliphatic carbocycles. The van der Waals surface area contributed by atoms with E-state index in [-0.39, 0.29) is 19.1 Å². The van der Waals surface area contributed by atoms with Crippen molar-refractivity contribution in [3.05, 3.63) is 34.9 Å². The molecule has 1 aliphatic heterocycles. The minimum Gasteiger partial charge on any atom is -0.454 e. The van der Waals surface area contributed by atoms with Gasteiger partial charge in [0.05, 0.1) is 0 Å². The van der Waals surface area contributed by atoms with Crippen LogP contribution in [0.1, 0.15) is 48.9 Å². The van der Waals surface area contributed by atoms with E-state index in [0.717, 1.165) is 25.8 Å². The number of carbonyl (C=O) groups is 3. The predicted molar refractivity (Wildman–Crippen MR) is 101 cm³/mol. The molecular weight excluding hydrogens is 368 g/mol. The molecule has 0 spiro atoms. The van der Waals surface area contributed by atoms with Crippen molar-refractivity contribution in [2.45, 2.75) is 44.6 Å². The number of fused-ring (bicyclic) bond motifs is 1. The van der Waals surface area contributed by atoms with Crippen LogP contribution >= 0.6 is 11.6 Å². The van der Waals surface area contributed by atoms with Gasteiger partial charge in [-0.3, -0.25) is 14.4 Å². The highest BCUT2D eigenvalue weighted by Gasteiger charge is 2.35. The fourth-order valence-electron chi connectivity index (χ4n) is 4.07. The maximum absolute atomic E-state index is 12.5. The summed E-state index contributed by atoms with van der Waals surface area (Å²) in [6, 6.07) is 6.64. The highest BCUT2D eigenvalue weighted by molar-refractivity contribution is 6.30. The average molecular weight is 393 g/mol. The summed E-state index contributed by atoms with van der Waals surface area (Å²) in [5, 5.41) is 3.02. The molecule has 1 aromatic rings. The molecule has 0 unspecified atom stereocenters. The van der Waals surface area contributed by atoms with Gasteiger partial charge < -0.3 is 15.0 Å². The normalized spacial score (nSPS) is 21.9. The lowest BCUT2D eigenvalue weighted by atomic mass is 9.78. The maximum Gasteiger partial charge on any atom is 0.325 e. The number of carbonyl (C=O) groups excluding carboxylic acids is 3. The number of hydrogen-bond donors (Lipinski definition) is 1. The standard InChI is InChI=1S/C20H25ClN2O4/c21-16-9-7-15(8-10-16)20(26)22-12-19(25)27-13-18(24)23-11-3-5-14-4-1-2-6-17(14)23/h7-10,14,17H,1-6,11-13H2,(H,22,26)/t14-,17+/m0/s1. The van der Waals surface area contributed by atoms with Crippen molar-refractivity contribution in [3.8, 4) is 0 Å². The summed E-state index contributed by atoms with van der Waals surface area (Å²) in [6.07, 6.45) is 6.82. The summed E-state index contributed by atoms with van der Waals surface area (Å²) >= 11 is 5.78. The molecule has 146 valence electrons. The van der Waals surface area contributed by atoms with E-state index in [0.29, 0.717) is 22.5 Å². The molecule has 1 saturated carbocycles. The van der Waals surface area contributed by atoms with Crippen molar-refractivity contribution in [1.29, 1.82) is 0 Å². The molecule has 2 aliphatic rings. The van der Waals surface area contributed by atoms with Gasteiger partial charge in [-0.1, -0.05) is 24.4 Å². The van der Waals surface area contributed by atoms with Crippen LogP contribution < -0.4 is 5.32 Å². The van der Waals surface area contributed by atoms with E-state index in [2.05, 4.69) is 5.32 Å². The Bertz CT molecular complexity index is 690. The van der Waals surface area contributed by atoms with Crippen LogP contribution in [0.4, 0.5) is 0 Å². The van der Waals surface area contributed by atoms with E-state index < -0.39 is 11.9 Å². The number of nitrogens with zero attached hydrogens (tertiary/aromatic N) is 1. The number of halogens is 1. The van der Waals surface area contributed by atoms with Gasteiger partial charge in [-0.15, -0.1) is 0 Å². The highest BCUT2D eigenvalue weighted by Crippen LogP contribution is 2.35. The number of benzene rings is 1. The Morgan fingerprint density at radius 3 is 2.56 bits per heavy atom. The van der Waals surface area contributed by atoms with Crippen molar-refractivity contribution in [3.63, 3.8) is 0 Å². The van der Waals surface area contributed by atoms with Crippen LogP contribution in [0.3, 0.4) is 0 Å². The third-order valence-electron chi connectivity index (χ3n) is 5.42. The first-order valence-corrected chi connectivity index (χ1v) is 9.91. The molecule has 1 N–H and O–H groups in total. The number of nitrogens with one attached hydrogen (secondary N) is 1. The third-order valence-corrected chi connectivity index (χ3v) is 5.67. The Kier molecular flexibility index (Phi) is 6.72. The van der Waals surface area contributed by atoms with Crippen molar-refractivity contribution in [1.82, 2.24) is 10.2 Å². The van der Waals surface area contributed by atoms with Gasteiger partial charge >= 0.3 is 5.97 Å². The first-order valence-electron chi connectivity index (χ1n) is 9.53. The smallest absolute Gasteiger partial charge is 0.325 e. The van der Waals surface area contributed by atoms with Crippen molar-refractivity contribution in [2.75, 3.05) is 19.7 Å². The van der Waals surface area contributed by atoms with Crippen LogP contribution in [0.5, 0.6) is 0 Å². The highest BCUT2D eigenvalue weighted by atomic mass is 35.5. The molecule has 6 nitrogen and oxygen atoms in total. The van der Waals surface area contributed by atoms with Crippen LogP contribution in [0.2, 0.25) is 5.02 Å². The molecular formula is C20H25ClN2O4. The van der Waals surface area contributed by atoms with Gasteiger partial charge in [0.1, 0.15) is 6.54 Å². The van der Waals surface area contributed by atoms with E-state index in [1.807, 2.05) is 4.90 Å². The van der Waals surface area contributed by atoms with Crippen LogP contribution in [0.25, 0.3) is 0 Å². The summed E-state index contributed by atoms with van der Waals surface area (Å²) < 4.78 is 5.08. The first kappa shape index (κ1) is 19.7. The fraction of sp³-hybridized carbons (Fsp3) is 0.550. The number of piperidine rings is 1. The molecule has 1 saturated heterocycles. The van der Waals surface area contributed by atoms with Crippen LogP contribution in [0.15, 0.2) is 24.3 Å². The second-order valence-corrected chi connectivity index (χ2v) is 7.63. The molecule has 0 aromatic heterocycles. The van der Waals surface area contributed by atoms with Crippen molar-refractivity contribution < 1.29 is 19.1 Å². The Balaban J connectivity index is 1.42. The number of esters is 1. The van der Waals surface area contributed by atoms with E-state index in [9.17, 15) is 14.4 Å². The Morgan fingerprint density at radius 1 is 1.07 bits per heavy atom. The maximum atomic E-state index is 12.5. The van der Waals surface area contributed by atoms with Gasteiger partial charge in [0.25, 0.3) is 11.8 Å². The second-order valence-electron chi connectivity index (χ2n) is 7.19. The molecule has 7 heteroatoms. The predicted octanol–water partition coefficient (Wildman–Crippen LogP) is 2.79. The van der Waals surface area contributed by atoms with Crippen molar-refractivity contribution >= 4 is 29.4 Å². The van der Waals surface area contributed by atoms with Crippen LogP contribution in [-0.4, -0.2) is 48.4 Å². The molecule has 2 atom stereocenters. The summed E-state index contributed by atoms with van der Waals surface area (Å²) in [6.45, 7) is 0.199. The van der Waals surface area contributed by atoms with Gasteiger partial charge in [0.15, 0.2) is 6.61 Å². The quantitative estimate of drug-likeness (QED) is 0.782. The van der Waals surface area contributed by atoms with Gasteiger partial charge in [-0.25, -0.2) is 0 Å². The third kappa shape index (κ3) is 5.22. The van der Waals surface area contributed by atoms with Crippen molar-refractivity contribution in [2.24, 2.45) is 5.92 Å². The number of rotatable bonds is 5. The molecule has 0 radical (unpaired) electrons. The van der Waals surface area contributed by atoms with Gasteiger partial charge in [0, 0.05) is 23.2 Å². The zero-order valence-corrected chi connectivity index (χ0v) is 16.0. The zero-order valence-electron chi connectivity index (χ0n) is 15.3.